The molecule has 0 unspecified atom stereocenters. The first-order chi connectivity index (χ1) is 11.8. The van der Waals surface area contributed by atoms with Crippen molar-refractivity contribution in [2.75, 3.05) is 13.2 Å². The molecule has 0 spiro atoms. The molecule has 0 heterocycles. The molecule has 0 amide bonds. The fourth-order valence-electron chi connectivity index (χ4n) is 2.10. The zero-order valence-corrected chi connectivity index (χ0v) is 15.0. The van der Waals surface area contributed by atoms with Crippen LogP contribution in [-0.2, 0) is 20.9 Å². The van der Waals surface area contributed by atoms with Crippen molar-refractivity contribution in [2.24, 2.45) is 5.73 Å². The van der Waals surface area contributed by atoms with Crippen molar-refractivity contribution in [1.29, 1.82) is 0 Å². The fraction of sp³-hybridized carbons (Fsp3) is 1.00. The Morgan fingerprint density at radius 3 is 1.77 bits per heavy atom. The quantitative estimate of drug-likeness (QED) is 0.400. The van der Waals surface area contributed by atoms with Crippen LogP contribution in [0.15, 0.2) is 0 Å². The van der Waals surface area contributed by atoms with E-state index in [9.17, 15) is 35.1 Å². The number of hydrogen-bond acceptors (Lipinski definition) is 4. The van der Waals surface area contributed by atoms with E-state index in [1.165, 1.54) is 0 Å². The van der Waals surface area contributed by atoms with Gasteiger partial charge < -0.3 is 14.8 Å². The Morgan fingerprint density at radius 2 is 1.38 bits per heavy atom. The summed E-state index contributed by atoms with van der Waals surface area (Å²) < 4.78 is 110. The van der Waals surface area contributed by atoms with E-state index in [4.69, 9.17) is 17.5 Å². The van der Waals surface area contributed by atoms with Crippen LogP contribution in [0.2, 0.25) is 0 Å². The maximum absolute atomic E-state index is 13.1. The Labute approximate surface area is 150 Å². The average molecular weight is 438 g/mol. The average Bonchev–Trinajstić information content (AvgIpc) is 2.53. The minimum absolute atomic E-state index is 0.378. The molecular weight excluding hydrogens is 419 g/mol. The molecule has 0 aromatic heterocycles. The maximum Gasteiger partial charge on any atom is 0.330 e. The van der Waals surface area contributed by atoms with Gasteiger partial charge in [-0.25, -0.2) is 22.6 Å². The van der Waals surface area contributed by atoms with Gasteiger partial charge in [0.25, 0.3) is 6.64 Å². The van der Waals surface area contributed by atoms with E-state index in [1.54, 1.807) is 0 Å². The Kier molecular flexibility index (Phi) is 8.68. The summed E-state index contributed by atoms with van der Waals surface area (Å²) in [5.74, 6) is -9.23. The fourth-order valence-corrected chi connectivity index (χ4v) is 4.46. The zero-order valence-electron chi connectivity index (χ0n) is 13.3. The van der Waals surface area contributed by atoms with E-state index in [0.29, 0.717) is 19.3 Å². The molecule has 1 aliphatic carbocycles. The minimum atomic E-state index is -4.62. The third-order valence-electron chi connectivity index (χ3n) is 3.64. The minimum Gasteiger partial charge on any atom is -0.326 e. The van der Waals surface area contributed by atoms with Crippen molar-refractivity contribution in [2.45, 2.75) is 62.5 Å². The summed E-state index contributed by atoms with van der Waals surface area (Å²) in [5, 5.41) is 2.41. The van der Waals surface area contributed by atoms with Crippen molar-refractivity contribution >= 4 is 18.4 Å². The van der Waals surface area contributed by atoms with Crippen LogP contribution in [0.3, 0.4) is 0 Å². The molecule has 0 aliphatic heterocycles. The van der Waals surface area contributed by atoms with Crippen molar-refractivity contribution in [3.8, 4) is 0 Å². The molecule has 1 fully saturated rings. The maximum atomic E-state index is 13.1. The highest BCUT2D eigenvalue weighted by Gasteiger charge is 2.46. The Balaban J connectivity index is 2.87. The van der Waals surface area contributed by atoms with Crippen LogP contribution < -0.4 is 10.8 Å². The molecule has 4 nitrogen and oxygen atoms in total. The molecule has 0 aromatic rings. The highest BCUT2D eigenvalue weighted by molar-refractivity contribution is 8.09. The van der Waals surface area contributed by atoms with Gasteiger partial charge in [-0.15, -0.1) is 0 Å². The zero-order chi connectivity index (χ0) is 20.2. The Bertz CT molecular complexity index is 472. The normalized spacial score (nSPS) is 23.0. The molecule has 3 N–H and O–H groups in total. The molecule has 14 heteroatoms. The van der Waals surface area contributed by atoms with Crippen molar-refractivity contribution in [3.63, 3.8) is 0 Å². The lowest BCUT2D eigenvalue weighted by atomic mass is 9.92. The van der Waals surface area contributed by atoms with E-state index >= 15 is 0 Å². The van der Waals surface area contributed by atoms with E-state index < -0.39 is 56.6 Å². The van der Waals surface area contributed by atoms with Crippen LogP contribution in [0, 0.1) is 0 Å². The van der Waals surface area contributed by atoms with E-state index in [-0.39, 0.29) is 0 Å². The number of rotatable bonds is 10. The monoisotopic (exact) mass is 438 g/mol. The second kappa shape index (κ2) is 9.42. The second-order valence-electron chi connectivity index (χ2n) is 5.85. The molecule has 1 rings (SSSR count). The second-order valence-corrected chi connectivity index (χ2v) is 9.06. The summed E-state index contributed by atoms with van der Waals surface area (Å²) in [6.45, 7) is -8.06. The van der Waals surface area contributed by atoms with Gasteiger partial charge in [0.2, 0.25) is 0 Å². The third kappa shape index (κ3) is 7.16. The first-order valence-electron chi connectivity index (χ1n) is 7.53. The smallest absolute Gasteiger partial charge is 0.326 e. The van der Waals surface area contributed by atoms with Gasteiger partial charge in [-0.05, 0) is 24.6 Å². The predicted octanol–water partition coefficient (Wildman–Crippen LogP) is 3.90. The number of nitrogens with one attached hydrogen (secondary N) is 1. The van der Waals surface area contributed by atoms with Gasteiger partial charge in [-0.1, -0.05) is 12.8 Å². The number of alkyl halides is 8. The van der Waals surface area contributed by atoms with E-state index in [0.717, 1.165) is 6.42 Å². The van der Waals surface area contributed by atoms with Crippen LogP contribution in [0.5, 0.6) is 0 Å². The summed E-state index contributed by atoms with van der Waals surface area (Å²) in [4.78, 5) is 0. The Morgan fingerprint density at radius 1 is 0.962 bits per heavy atom. The lowest BCUT2D eigenvalue weighted by Crippen LogP contribution is -2.47. The first kappa shape index (κ1) is 24.0. The van der Waals surface area contributed by atoms with Gasteiger partial charge in [0.15, 0.2) is 0 Å². The summed E-state index contributed by atoms with van der Waals surface area (Å²) in [6, 6.07) is -1.21. The molecule has 1 aliphatic rings. The summed E-state index contributed by atoms with van der Waals surface area (Å²) in [7, 11) is 0. The third-order valence-corrected chi connectivity index (χ3v) is 6.17. The van der Waals surface area contributed by atoms with Crippen molar-refractivity contribution < 1.29 is 44.2 Å². The SMILES string of the molecule is N[C@@H]1CCCC[C@H]1NP(=S)(OCC(F)(F)C(F)F)OCC(F)(F)C(F)F. The molecular formula is C12H19F8N2O2PS. The van der Waals surface area contributed by atoms with E-state index in [1.807, 2.05) is 0 Å². The van der Waals surface area contributed by atoms with Crippen molar-refractivity contribution in [3.05, 3.63) is 0 Å². The Hall–Kier alpha value is -0.0700. The number of hydrogen-bond donors (Lipinski definition) is 2. The topological polar surface area (TPSA) is 56.5 Å². The van der Waals surface area contributed by atoms with Crippen LogP contribution in [0.4, 0.5) is 35.1 Å². The lowest BCUT2D eigenvalue weighted by molar-refractivity contribution is -0.157. The van der Waals surface area contributed by atoms with Gasteiger partial charge in [0.05, 0.1) is 0 Å². The molecule has 26 heavy (non-hydrogen) atoms. The molecule has 156 valence electrons. The number of halogens is 8. The van der Waals surface area contributed by atoms with Crippen LogP contribution >= 0.6 is 6.64 Å². The van der Waals surface area contributed by atoms with Gasteiger partial charge in [-0.2, -0.15) is 17.6 Å². The van der Waals surface area contributed by atoms with Crippen LogP contribution in [0.25, 0.3) is 0 Å². The van der Waals surface area contributed by atoms with Crippen LogP contribution in [-0.4, -0.2) is 50.0 Å². The van der Waals surface area contributed by atoms with Gasteiger partial charge in [-0.3, -0.25) is 0 Å². The molecule has 0 bridgehead atoms. The predicted molar refractivity (Wildman–Crippen MR) is 81.5 cm³/mol. The standard InChI is InChI=1S/C12H19F8N2O2PS/c13-9(14)11(17,18)5-23-25(26,24-6-12(19,20)10(15)16)22-8-4-2-1-3-7(8)21/h7-10H,1-6,21H2,(H,22,26)/t7-,8-/m1/s1. The van der Waals surface area contributed by atoms with Gasteiger partial charge in [0, 0.05) is 12.1 Å². The lowest BCUT2D eigenvalue weighted by Gasteiger charge is -2.35. The number of nitrogens with two attached hydrogens (primary N) is 1. The highest BCUT2D eigenvalue weighted by atomic mass is 32.5. The summed E-state index contributed by atoms with van der Waals surface area (Å²) in [6.07, 6.45) is -5.88. The highest BCUT2D eigenvalue weighted by Crippen LogP contribution is 2.48. The van der Waals surface area contributed by atoms with Crippen LogP contribution in [0.1, 0.15) is 25.7 Å². The first-order valence-corrected chi connectivity index (χ1v) is 10.2. The molecule has 2 atom stereocenters. The summed E-state index contributed by atoms with van der Waals surface area (Å²) >= 11 is 4.79. The van der Waals surface area contributed by atoms with Crippen molar-refractivity contribution in [1.82, 2.24) is 5.09 Å². The summed E-state index contributed by atoms with van der Waals surface area (Å²) in [5.41, 5.74) is 5.81. The van der Waals surface area contributed by atoms with Gasteiger partial charge >= 0.3 is 24.7 Å². The molecule has 0 saturated heterocycles. The van der Waals surface area contributed by atoms with Gasteiger partial charge in [0.1, 0.15) is 13.2 Å². The largest absolute Gasteiger partial charge is 0.330 e. The molecule has 0 aromatic carbocycles. The molecule has 0 radical (unpaired) electrons. The van der Waals surface area contributed by atoms with E-state index in [2.05, 4.69) is 14.1 Å². The molecule has 1 saturated carbocycles.